The Morgan fingerprint density at radius 2 is 1.47 bits per heavy atom. The van der Waals surface area contributed by atoms with Crippen LogP contribution >= 0.6 is 23.2 Å². The minimum atomic E-state index is 0.828. The van der Waals surface area contributed by atoms with Gasteiger partial charge < -0.3 is 5.32 Å². The van der Waals surface area contributed by atoms with Gasteiger partial charge in [-0.05, 0) is 110 Å². The zero-order chi connectivity index (χ0) is 25.9. The summed E-state index contributed by atoms with van der Waals surface area (Å²) in [7, 11) is 0. The lowest BCUT2D eigenvalue weighted by atomic mass is 9.92. The van der Waals surface area contributed by atoms with Crippen molar-refractivity contribution in [1.82, 2.24) is 5.32 Å². The summed E-state index contributed by atoms with van der Waals surface area (Å²) < 4.78 is 0. The first-order chi connectivity index (χ1) is 17.5. The highest BCUT2D eigenvalue weighted by Gasteiger charge is 2.13. The fraction of sp³-hybridized carbons (Fsp3) is 0.394. The molecule has 0 aliphatic heterocycles. The van der Waals surface area contributed by atoms with Crippen LogP contribution in [0.3, 0.4) is 0 Å². The largest absolute Gasteiger partial charge is 0.317 e. The number of unbranched alkanes of at least 4 members (excludes halogenated alkanes) is 2. The molecule has 0 saturated heterocycles. The maximum atomic E-state index is 7.01. The van der Waals surface area contributed by atoms with Crippen molar-refractivity contribution in [2.24, 2.45) is 0 Å². The summed E-state index contributed by atoms with van der Waals surface area (Å²) >= 11 is 13.6. The van der Waals surface area contributed by atoms with Gasteiger partial charge in [-0.15, -0.1) is 0 Å². The van der Waals surface area contributed by atoms with Crippen LogP contribution in [0.5, 0.6) is 0 Å². The van der Waals surface area contributed by atoms with E-state index in [4.69, 9.17) is 23.2 Å². The van der Waals surface area contributed by atoms with Crippen molar-refractivity contribution in [2.45, 2.75) is 72.1 Å². The minimum absolute atomic E-state index is 0.828. The van der Waals surface area contributed by atoms with Crippen LogP contribution in [0.2, 0.25) is 10.0 Å². The number of rotatable bonds is 14. The summed E-state index contributed by atoms with van der Waals surface area (Å²) in [5.74, 6) is 0. The third-order valence-corrected chi connectivity index (χ3v) is 7.94. The predicted molar refractivity (Wildman–Crippen MR) is 161 cm³/mol. The Kier molecular flexibility index (Phi) is 11.6. The zero-order valence-corrected chi connectivity index (χ0v) is 23.7. The Morgan fingerprint density at radius 3 is 2.19 bits per heavy atom. The van der Waals surface area contributed by atoms with Crippen LogP contribution in [0.25, 0.3) is 17.2 Å². The van der Waals surface area contributed by atoms with E-state index < -0.39 is 0 Å². The second-order valence-electron chi connectivity index (χ2n) is 9.63. The van der Waals surface area contributed by atoms with Gasteiger partial charge in [0.2, 0.25) is 0 Å². The maximum Gasteiger partial charge on any atom is 0.0516 e. The van der Waals surface area contributed by atoms with E-state index in [1.807, 2.05) is 6.08 Å². The zero-order valence-electron chi connectivity index (χ0n) is 22.2. The van der Waals surface area contributed by atoms with E-state index in [1.54, 1.807) is 0 Å². The van der Waals surface area contributed by atoms with Gasteiger partial charge in [-0.1, -0.05) is 98.6 Å². The summed E-state index contributed by atoms with van der Waals surface area (Å²) in [6.07, 6.45) is 10.6. The molecular formula is C33H41Cl2N. The van der Waals surface area contributed by atoms with Crippen LogP contribution in [0.15, 0.2) is 55.1 Å². The summed E-state index contributed by atoms with van der Waals surface area (Å²) in [6, 6.07) is 17.3. The van der Waals surface area contributed by atoms with Crippen LogP contribution in [-0.2, 0) is 25.7 Å². The molecule has 3 aromatic carbocycles. The lowest BCUT2D eigenvalue weighted by Gasteiger charge is -2.16. The molecule has 0 aliphatic carbocycles. The van der Waals surface area contributed by atoms with Gasteiger partial charge in [0.05, 0.1) is 5.02 Å². The average molecular weight is 523 g/mol. The highest BCUT2D eigenvalue weighted by atomic mass is 35.5. The molecule has 0 fully saturated rings. The SMILES string of the molecule is C=Cc1cc(CCc2cccc(-c3cccc(CCCCNCCCC)c3C)c2Cl)c(Cl)cc1CC. The molecule has 0 radical (unpaired) electrons. The number of benzene rings is 3. The Bertz CT molecular complexity index is 1150. The molecule has 3 aromatic rings. The van der Waals surface area contributed by atoms with Crippen molar-refractivity contribution in [3.63, 3.8) is 0 Å². The molecule has 0 saturated carbocycles. The van der Waals surface area contributed by atoms with Crippen molar-refractivity contribution in [1.29, 1.82) is 0 Å². The first-order valence-electron chi connectivity index (χ1n) is 13.5. The van der Waals surface area contributed by atoms with Crippen LogP contribution < -0.4 is 5.32 Å². The molecule has 0 amide bonds. The van der Waals surface area contributed by atoms with Gasteiger partial charge >= 0.3 is 0 Å². The fourth-order valence-electron chi connectivity index (χ4n) is 4.85. The van der Waals surface area contributed by atoms with Crippen LogP contribution in [0.4, 0.5) is 0 Å². The summed E-state index contributed by atoms with van der Waals surface area (Å²) in [6.45, 7) is 12.8. The van der Waals surface area contributed by atoms with Gasteiger partial charge in [-0.3, -0.25) is 0 Å². The second-order valence-corrected chi connectivity index (χ2v) is 10.4. The third-order valence-electron chi connectivity index (χ3n) is 7.14. The molecule has 1 N–H and O–H groups in total. The molecule has 36 heavy (non-hydrogen) atoms. The molecule has 0 bridgehead atoms. The number of hydrogen-bond donors (Lipinski definition) is 1. The number of nitrogens with one attached hydrogen (secondary N) is 1. The highest BCUT2D eigenvalue weighted by Crippen LogP contribution is 2.35. The summed E-state index contributed by atoms with van der Waals surface area (Å²) in [4.78, 5) is 0. The Hall–Kier alpha value is -2.06. The highest BCUT2D eigenvalue weighted by molar-refractivity contribution is 6.34. The van der Waals surface area contributed by atoms with Crippen molar-refractivity contribution in [3.8, 4) is 11.1 Å². The topological polar surface area (TPSA) is 12.0 Å². The standard InChI is InChI=1S/C33H41Cl2N/c1-5-8-20-36-21-10-9-13-27-14-11-16-30(24(27)4)31-17-12-15-28(33(31)35)18-19-29-22-25(6-2)26(7-3)23-32(29)34/h6,11-12,14-17,22-23,36H,2,5,7-10,13,18-21H2,1,3-4H3. The molecule has 1 nitrogen and oxygen atoms in total. The number of halogens is 2. The number of hydrogen-bond acceptors (Lipinski definition) is 1. The van der Waals surface area contributed by atoms with E-state index in [9.17, 15) is 0 Å². The van der Waals surface area contributed by atoms with Crippen molar-refractivity contribution >= 4 is 29.3 Å². The molecule has 192 valence electrons. The Morgan fingerprint density at radius 1 is 0.778 bits per heavy atom. The van der Waals surface area contributed by atoms with Gasteiger partial charge in [0.1, 0.15) is 0 Å². The van der Waals surface area contributed by atoms with Gasteiger partial charge in [-0.25, -0.2) is 0 Å². The number of aryl methyl sites for hydroxylation is 4. The fourth-order valence-corrected chi connectivity index (χ4v) is 5.46. The third kappa shape index (κ3) is 7.48. The Balaban J connectivity index is 1.72. The Labute approximate surface area is 228 Å². The maximum absolute atomic E-state index is 7.01. The lowest BCUT2D eigenvalue weighted by Crippen LogP contribution is -2.16. The van der Waals surface area contributed by atoms with Crippen LogP contribution in [-0.4, -0.2) is 13.1 Å². The summed E-state index contributed by atoms with van der Waals surface area (Å²) in [5.41, 5.74) is 9.82. The first-order valence-corrected chi connectivity index (χ1v) is 14.3. The van der Waals surface area contributed by atoms with Crippen LogP contribution in [0, 0.1) is 6.92 Å². The molecule has 0 spiro atoms. The second kappa shape index (κ2) is 14.6. The molecule has 0 heterocycles. The molecule has 0 atom stereocenters. The van der Waals surface area contributed by atoms with Gasteiger partial charge in [0.25, 0.3) is 0 Å². The van der Waals surface area contributed by atoms with Crippen molar-refractivity contribution in [3.05, 3.63) is 98.5 Å². The normalized spacial score (nSPS) is 11.1. The van der Waals surface area contributed by atoms with Crippen LogP contribution in [0.1, 0.15) is 72.9 Å². The molecule has 0 aliphatic rings. The van der Waals surface area contributed by atoms with Gasteiger partial charge in [0.15, 0.2) is 0 Å². The van der Waals surface area contributed by atoms with Gasteiger partial charge in [-0.2, -0.15) is 0 Å². The quantitative estimate of drug-likeness (QED) is 0.208. The molecule has 3 heteroatoms. The van der Waals surface area contributed by atoms with E-state index in [2.05, 4.69) is 81.2 Å². The molecule has 0 unspecified atom stereocenters. The lowest BCUT2D eigenvalue weighted by molar-refractivity contribution is 0.599. The van der Waals surface area contributed by atoms with Crippen molar-refractivity contribution < 1.29 is 0 Å². The minimum Gasteiger partial charge on any atom is -0.317 e. The van der Waals surface area contributed by atoms with E-state index in [0.717, 1.165) is 65.5 Å². The molecule has 3 rings (SSSR count). The first kappa shape index (κ1) is 28.5. The van der Waals surface area contributed by atoms with E-state index in [-0.39, 0.29) is 0 Å². The average Bonchev–Trinajstić information content (AvgIpc) is 2.89. The smallest absolute Gasteiger partial charge is 0.0516 e. The summed E-state index contributed by atoms with van der Waals surface area (Å²) in [5, 5.41) is 5.22. The monoisotopic (exact) mass is 521 g/mol. The van der Waals surface area contributed by atoms with Crippen molar-refractivity contribution in [2.75, 3.05) is 13.1 Å². The molecular weight excluding hydrogens is 481 g/mol. The van der Waals surface area contributed by atoms with E-state index in [1.165, 1.54) is 53.5 Å². The molecule has 0 aromatic heterocycles. The van der Waals surface area contributed by atoms with E-state index in [0.29, 0.717) is 0 Å². The van der Waals surface area contributed by atoms with Gasteiger partial charge in [0, 0.05) is 10.6 Å². The predicted octanol–water partition coefficient (Wildman–Crippen LogP) is 9.67. The van der Waals surface area contributed by atoms with E-state index >= 15 is 0 Å².